The van der Waals surface area contributed by atoms with Crippen molar-refractivity contribution in [1.82, 2.24) is 24.8 Å². The maximum Gasteiger partial charge on any atom is 0.253 e. The van der Waals surface area contributed by atoms with E-state index in [9.17, 15) is 20.1 Å². The molecule has 5 unspecified atom stereocenters. The molecule has 1 aliphatic heterocycles. The number of hydrogen-bond acceptors (Lipinski definition) is 11. The first-order valence-corrected chi connectivity index (χ1v) is 8.30. The zero-order valence-corrected chi connectivity index (χ0v) is 14.8. The van der Waals surface area contributed by atoms with Gasteiger partial charge in [-0.15, -0.1) is 0 Å². The summed E-state index contributed by atoms with van der Waals surface area (Å²) in [6.45, 7) is -0.474. The number of anilines is 1. The molecule has 0 bridgehead atoms. The maximum atomic E-state index is 11.6. The number of imidazole rings is 1. The number of carbonyl (C=O) groups is 1. The first-order chi connectivity index (χ1) is 13.4. The Kier molecular flexibility index (Phi) is 5.60. The number of carbonyl (C=O) groups excluding carboxylic acids is 1. The van der Waals surface area contributed by atoms with Gasteiger partial charge in [0.15, 0.2) is 17.7 Å². The number of amides is 1. The molecule has 0 radical (unpaired) electrons. The van der Waals surface area contributed by atoms with Crippen molar-refractivity contribution >= 4 is 41.3 Å². The average molecular weight is 392 g/mol. The topological polar surface area (TPSA) is 205 Å². The second-order valence-corrected chi connectivity index (χ2v) is 6.05. The highest BCUT2D eigenvalue weighted by molar-refractivity contribution is 6.07. The van der Waals surface area contributed by atoms with Gasteiger partial charge < -0.3 is 36.5 Å². The highest BCUT2D eigenvalue weighted by atomic mass is 16.6. The second kappa shape index (κ2) is 7.93. The molecule has 5 atom stereocenters. The van der Waals surface area contributed by atoms with Crippen LogP contribution < -0.4 is 11.1 Å². The minimum Gasteiger partial charge on any atom is -0.394 e. The summed E-state index contributed by atoms with van der Waals surface area (Å²) in [7, 11) is 1.44. The Balaban J connectivity index is 1.97. The Bertz CT molecular complexity index is 915. The second-order valence-electron chi connectivity index (χ2n) is 6.05. The summed E-state index contributed by atoms with van der Waals surface area (Å²) >= 11 is 0. The lowest BCUT2D eigenvalue weighted by molar-refractivity contribution is -0.120. The van der Waals surface area contributed by atoms with E-state index < -0.39 is 43.0 Å². The molecule has 28 heavy (non-hydrogen) atoms. The molecule has 1 aliphatic rings. The van der Waals surface area contributed by atoms with Crippen LogP contribution in [0, 0.1) is 11.3 Å². The van der Waals surface area contributed by atoms with E-state index in [1.807, 2.05) is 0 Å². The van der Waals surface area contributed by atoms with Crippen LogP contribution in [0.1, 0.15) is 6.23 Å². The number of rotatable bonds is 6. The minimum absolute atomic E-state index is 0.00832. The third kappa shape index (κ3) is 3.43. The van der Waals surface area contributed by atoms with Gasteiger partial charge in [0.1, 0.15) is 29.7 Å². The number of aliphatic hydroxyl groups excluding tert-OH is 3. The molecule has 2 aromatic rings. The number of hydrogen-bond donors (Lipinski definition) is 6. The highest BCUT2D eigenvalue weighted by Gasteiger charge is 2.44. The molecule has 0 aromatic carbocycles. The fourth-order valence-electron chi connectivity index (χ4n) is 2.78. The van der Waals surface area contributed by atoms with Crippen LogP contribution in [0.25, 0.3) is 11.2 Å². The number of aliphatic hydroxyl groups is 3. The minimum atomic E-state index is -1.33. The molecule has 1 fully saturated rings. The van der Waals surface area contributed by atoms with Crippen LogP contribution in [-0.2, 0) is 9.53 Å². The molecule has 3 rings (SSSR count). The Morgan fingerprint density at radius 2 is 2.25 bits per heavy atom. The monoisotopic (exact) mass is 392 g/mol. The van der Waals surface area contributed by atoms with Gasteiger partial charge in [-0.3, -0.25) is 9.36 Å². The number of fused-ring (bicyclic) bond motifs is 1. The van der Waals surface area contributed by atoms with E-state index in [2.05, 4.69) is 25.3 Å². The van der Waals surface area contributed by atoms with Crippen molar-refractivity contribution in [3.05, 3.63) is 6.33 Å². The molecular weight excluding hydrogens is 372 g/mol. The van der Waals surface area contributed by atoms with Crippen LogP contribution in [0.5, 0.6) is 0 Å². The van der Waals surface area contributed by atoms with E-state index in [0.29, 0.717) is 0 Å². The molecule has 3 heterocycles. The lowest BCUT2D eigenvalue weighted by Crippen LogP contribution is -2.33. The molecule has 0 saturated carbocycles. The average Bonchev–Trinajstić information content (AvgIpc) is 3.23. The summed E-state index contributed by atoms with van der Waals surface area (Å²) < 4.78 is 6.83. The number of ether oxygens (including phenoxy) is 1. The normalized spacial score (nSPS) is 26.0. The van der Waals surface area contributed by atoms with E-state index >= 15 is 0 Å². The van der Waals surface area contributed by atoms with Crippen LogP contribution in [0.15, 0.2) is 11.3 Å². The predicted octanol–water partition coefficient (Wildman–Crippen LogP) is -2.27. The first kappa shape index (κ1) is 19.8. The van der Waals surface area contributed by atoms with E-state index in [4.69, 9.17) is 15.9 Å². The zero-order valence-electron chi connectivity index (χ0n) is 14.8. The van der Waals surface area contributed by atoms with Crippen molar-refractivity contribution in [1.29, 1.82) is 5.41 Å². The summed E-state index contributed by atoms with van der Waals surface area (Å²) in [5.41, 5.74) is 6.30. The quantitative estimate of drug-likeness (QED) is 0.293. The molecule has 7 N–H and O–H groups in total. The standard InChI is InChI=1S/C15H20N8O5/c1-18-13(27)6(2-16)3-19-15-21-11(17)8-12(22-15)23(5-20-8)14-10(26)9(25)7(4-24)28-14/h2-3,5-7,9-10,14,16,24-26H,4H2,1H3,(H,18,27)(H2,17,21,22). The lowest BCUT2D eigenvalue weighted by Gasteiger charge is -2.16. The van der Waals surface area contributed by atoms with Crippen molar-refractivity contribution in [2.45, 2.75) is 24.5 Å². The SMILES string of the molecule is CNC(=O)C(C=N)C=Nc1nc(N)c2ncn(C3OC(CO)C(O)C3O)c2n1. The van der Waals surface area contributed by atoms with Crippen molar-refractivity contribution in [3.63, 3.8) is 0 Å². The molecule has 150 valence electrons. The molecular formula is C15H20N8O5. The number of nitrogens with two attached hydrogens (primary N) is 1. The first-order valence-electron chi connectivity index (χ1n) is 8.30. The van der Waals surface area contributed by atoms with E-state index in [-0.39, 0.29) is 22.9 Å². The van der Waals surface area contributed by atoms with Gasteiger partial charge >= 0.3 is 0 Å². The van der Waals surface area contributed by atoms with Gasteiger partial charge in [0.25, 0.3) is 5.95 Å². The fourth-order valence-corrected chi connectivity index (χ4v) is 2.78. The highest BCUT2D eigenvalue weighted by Crippen LogP contribution is 2.32. The summed E-state index contributed by atoms with van der Waals surface area (Å²) in [5.74, 6) is -1.41. The van der Waals surface area contributed by atoms with Gasteiger partial charge in [0, 0.05) is 19.5 Å². The third-order valence-electron chi connectivity index (χ3n) is 4.31. The van der Waals surface area contributed by atoms with Crippen LogP contribution in [-0.4, -0.2) is 85.1 Å². The molecule has 13 heteroatoms. The molecule has 13 nitrogen and oxygen atoms in total. The molecule has 2 aromatic heterocycles. The van der Waals surface area contributed by atoms with Crippen molar-refractivity contribution in [2.75, 3.05) is 19.4 Å². The largest absolute Gasteiger partial charge is 0.394 e. The van der Waals surface area contributed by atoms with Crippen LogP contribution in [0.2, 0.25) is 0 Å². The molecule has 1 amide bonds. The van der Waals surface area contributed by atoms with Crippen LogP contribution in [0.3, 0.4) is 0 Å². The van der Waals surface area contributed by atoms with E-state index in [0.717, 1.165) is 6.21 Å². The lowest BCUT2D eigenvalue weighted by atomic mass is 10.1. The predicted molar refractivity (Wildman–Crippen MR) is 97.2 cm³/mol. The van der Waals surface area contributed by atoms with Gasteiger partial charge in [-0.1, -0.05) is 0 Å². The number of nitrogens with one attached hydrogen (secondary N) is 2. The van der Waals surface area contributed by atoms with Gasteiger partial charge in [0.05, 0.1) is 12.9 Å². The van der Waals surface area contributed by atoms with E-state index in [1.165, 1.54) is 24.2 Å². The van der Waals surface area contributed by atoms with Crippen LogP contribution >= 0.6 is 0 Å². The number of nitrogens with zero attached hydrogens (tertiary/aromatic N) is 5. The molecule has 0 aliphatic carbocycles. The summed E-state index contributed by atoms with van der Waals surface area (Å²) in [5, 5.41) is 39.1. The van der Waals surface area contributed by atoms with Gasteiger partial charge in [0.2, 0.25) is 5.91 Å². The van der Waals surface area contributed by atoms with Crippen molar-refractivity contribution < 1.29 is 24.9 Å². The fraction of sp³-hybridized carbons (Fsp3) is 0.467. The van der Waals surface area contributed by atoms with Gasteiger partial charge in [-0.25, -0.2) is 9.98 Å². The van der Waals surface area contributed by atoms with Crippen LogP contribution in [0.4, 0.5) is 11.8 Å². The molecule has 1 saturated heterocycles. The number of nitrogen functional groups attached to an aromatic ring is 1. The Hall–Kier alpha value is -3.00. The summed E-state index contributed by atoms with van der Waals surface area (Å²) in [6.07, 6.45) is -1.21. The third-order valence-corrected chi connectivity index (χ3v) is 4.31. The number of aromatic nitrogens is 4. The summed E-state index contributed by atoms with van der Waals surface area (Å²) in [4.78, 5) is 27.9. The van der Waals surface area contributed by atoms with Crippen molar-refractivity contribution in [2.24, 2.45) is 10.9 Å². The summed E-state index contributed by atoms with van der Waals surface area (Å²) in [6, 6.07) is 0. The number of aliphatic imine (C=N–C) groups is 1. The smallest absolute Gasteiger partial charge is 0.253 e. The Morgan fingerprint density at radius 3 is 2.86 bits per heavy atom. The van der Waals surface area contributed by atoms with E-state index in [1.54, 1.807) is 0 Å². The van der Waals surface area contributed by atoms with Gasteiger partial charge in [-0.2, -0.15) is 9.97 Å². The Morgan fingerprint density at radius 1 is 1.50 bits per heavy atom. The van der Waals surface area contributed by atoms with Gasteiger partial charge in [-0.05, 0) is 0 Å². The molecule has 0 spiro atoms. The maximum absolute atomic E-state index is 11.6. The Labute approximate surface area is 158 Å². The van der Waals surface area contributed by atoms with Crippen molar-refractivity contribution in [3.8, 4) is 0 Å². The zero-order chi connectivity index (χ0) is 20.4.